The average molecular weight is 461 g/mol. The summed E-state index contributed by atoms with van der Waals surface area (Å²) in [5.74, 6) is 0.0374. The van der Waals surface area contributed by atoms with Crippen molar-refractivity contribution in [1.29, 1.82) is 0 Å². The molecule has 2 aromatic rings. The summed E-state index contributed by atoms with van der Waals surface area (Å²) in [5, 5.41) is 0.598. The highest BCUT2D eigenvalue weighted by Gasteiger charge is 2.41. The standard InChI is InChI=1S/C24H26ClFN2O4/c25-18-3-6-22-21(13-18)28(15-17-1-4-19(26)5-2-17)20(16-30-22)14-23(29)27-9-7-24(8-10-27)31-11-12-32-24/h1-6,13,20H,7-12,14-16H2/t20-/m1/s1. The minimum absolute atomic E-state index is 0.0843. The van der Waals surface area contributed by atoms with Gasteiger partial charge in [0.25, 0.3) is 0 Å². The largest absolute Gasteiger partial charge is 0.489 e. The normalized spacial score (nSPS) is 22.0. The fourth-order valence-electron chi connectivity index (χ4n) is 4.69. The number of fused-ring (bicyclic) bond motifs is 1. The second-order valence-corrected chi connectivity index (χ2v) is 8.96. The van der Waals surface area contributed by atoms with Crippen LogP contribution >= 0.6 is 11.6 Å². The molecule has 0 bridgehead atoms. The second kappa shape index (κ2) is 8.89. The molecule has 6 nitrogen and oxygen atoms in total. The van der Waals surface area contributed by atoms with Gasteiger partial charge in [-0.3, -0.25) is 4.79 Å². The number of carbonyl (C=O) groups is 1. The van der Waals surface area contributed by atoms with Crippen molar-refractivity contribution in [3.63, 3.8) is 0 Å². The van der Waals surface area contributed by atoms with E-state index in [-0.39, 0.29) is 17.8 Å². The van der Waals surface area contributed by atoms with Gasteiger partial charge in [-0.15, -0.1) is 0 Å². The molecule has 170 valence electrons. The molecule has 0 N–H and O–H groups in total. The Hall–Kier alpha value is -2.35. The molecular weight excluding hydrogens is 435 g/mol. The van der Waals surface area contributed by atoms with Gasteiger partial charge in [0, 0.05) is 37.5 Å². The molecule has 1 amide bonds. The van der Waals surface area contributed by atoms with Gasteiger partial charge >= 0.3 is 0 Å². The van der Waals surface area contributed by atoms with Crippen molar-refractivity contribution >= 4 is 23.2 Å². The molecule has 8 heteroatoms. The molecule has 1 atom stereocenters. The van der Waals surface area contributed by atoms with Crippen LogP contribution in [0.2, 0.25) is 5.02 Å². The van der Waals surface area contributed by atoms with Crippen molar-refractivity contribution in [1.82, 2.24) is 4.90 Å². The Labute approximate surface area is 191 Å². The zero-order valence-corrected chi connectivity index (χ0v) is 18.5. The SMILES string of the molecule is O=C(C[C@@H]1COc2ccc(Cl)cc2N1Cc1ccc(F)cc1)N1CCC2(CC1)OCCO2. The zero-order valence-electron chi connectivity index (χ0n) is 17.8. The van der Waals surface area contributed by atoms with Crippen LogP contribution < -0.4 is 9.64 Å². The highest BCUT2D eigenvalue weighted by molar-refractivity contribution is 6.31. The van der Waals surface area contributed by atoms with Gasteiger partial charge in [-0.25, -0.2) is 4.39 Å². The van der Waals surface area contributed by atoms with Crippen LogP contribution in [0.25, 0.3) is 0 Å². The predicted octanol–water partition coefficient (Wildman–Crippen LogP) is 4.00. The third kappa shape index (κ3) is 4.42. The highest BCUT2D eigenvalue weighted by Crippen LogP contribution is 2.38. The number of ether oxygens (including phenoxy) is 3. The summed E-state index contributed by atoms with van der Waals surface area (Å²) in [5.41, 5.74) is 1.79. The van der Waals surface area contributed by atoms with Gasteiger partial charge in [-0.1, -0.05) is 23.7 Å². The second-order valence-electron chi connectivity index (χ2n) is 8.52. The van der Waals surface area contributed by atoms with Gasteiger partial charge < -0.3 is 24.0 Å². The number of benzene rings is 2. The van der Waals surface area contributed by atoms with E-state index in [2.05, 4.69) is 4.90 Å². The monoisotopic (exact) mass is 460 g/mol. The van der Waals surface area contributed by atoms with Crippen LogP contribution in [0.1, 0.15) is 24.8 Å². The van der Waals surface area contributed by atoms with Crippen molar-refractivity contribution in [3.05, 3.63) is 58.9 Å². The molecule has 2 saturated heterocycles. The molecule has 5 rings (SSSR count). The maximum Gasteiger partial charge on any atom is 0.224 e. The number of rotatable bonds is 4. The molecule has 3 aliphatic rings. The summed E-state index contributed by atoms with van der Waals surface area (Å²) in [6.45, 7) is 3.40. The molecule has 0 unspecified atom stereocenters. The van der Waals surface area contributed by atoms with E-state index in [4.69, 9.17) is 25.8 Å². The number of likely N-dealkylation sites (tertiary alicyclic amines) is 1. The third-order valence-corrected chi connectivity index (χ3v) is 6.71. The first-order valence-electron chi connectivity index (χ1n) is 11.0. The molecule has 2 aromatic carbocycles. The van der Waals surface area contributed by atoms with Crippen LogP contribution in [0.5, 0.6) is 5.75 Å². The Bertz CT molecular complexity index is 970. The third-order valence-electron chi connectivity index (χ3n) is 6.47. The van der Waals surface area contributed by atoms with Crippen LogP contribution in [0.15, 0.2) is 42.5 Å². The minimum Gasteiger partial charge on any atom is -0.489 e. The van der Waals surface area contributed by atoms with Gasteiger partial charge in [0.2, 0.25) is 5.91 Å². The number of piperidine rings is 1. The van der Waals surface area contributed by atoms with Gasteiger partial charge in [0.05, 0.1) is 31.4 Å². The predicted molar refractivity (Wildman–Crippen MR) is 118 cm³/mol. The number of carbonyl (C=O) groups excluding carboxylic acids is 1. The van der Waals surface area contributed by atoms with Gasteiger partial charge in [-0.2, -0.15) is 0 Å². The molecule has 2 fully saturated rings. The first-order valence-corrected chi connectivity index (χ1v) is 11.4. The minimum atomic E-state index is -0.505. The van der Waals surface area contributed by atoms with E-state index in [1.54, 1.807) is 18.2 Å². The fraction of sp³-hybridized carbons (Fsp3) is 0.458. The summed E-state index contributed by atoms with van der Waals surface area (Å²) in [4.78, 5) is 17.2. The number of anilines is 1. The van der Waals surface area contributed by atoms with Crippen molar-refractivity contribution in [3.8, 4) is 5.75 Å². The zero-order chi connectivity index (χ0) is 22.1. The van der Waals surface area contributed by atoms with Gasteiger partial charge in [0.1, 0.15) is 18.2 Å². The summed E-state index contributed by atoms with van der Waals surface area (Å²) in [7, 11) is 0. The van der Waals surface area contributed by atoms with E-state index >= 15 is 0 Å². The Balaban J connectivity index is 1.32. The number of hydrogen-bond donors (Lipinski definition) is 0. The summed E-state index contributed by atoms with van der Waals surface area (Å²) >= 11 is 6.27. The van der Waals surface area contributed by atoms with Gasteiger partial charge in [-0.05, 0) is 35.9 Å². The van der Waals surface area contributed by atoms with E-state index in [1.807, 2.05) is 17.0 Å². The van der Waals surface area contributed by atoms with E-state index in [9.17, 15) is 9.18 Å². The molecule has 32 heavy (non-hydrogen) atoms. The lowest BCUT2D eigenvalue weighted by Crippen LogP contribution is -2.50. The van der Waals surface area contributed by atoms with Crippen LogP contribution in [0.4, 0.5) is 10.1 Å². The molecule has 0 radical (unpaired) electrons. The maximum absolute atomic E-state index is 13.4. The maximum atomic E-state index is 13.4. The first-order chi connectivity index (χ1) is 15.5. The van der Waals surface area contributed by atoms with E-state index in [0.717, 1.165) is 17.0 Å². The van der Waals surface area contributed by atoms with Crippen LogP contribution in [0, 0.1) is 5.82 Å². The van der Waals surface area contributed by atoms with Crippen molar-refractivity contribution in [2.75, 3.05) is 37.8 Å². The number of hydrogen-bond acceptors (Lipinski definition) is 5. The van der Waals surface area contributed by atoms with Crippen molar-refractivity contribution in [2.45, 2.75) is 37.6 Å². The lowest BCUT2D eigenvalue weighted by Gasteiger charge is -2.41. The molecule has 3 heterocycles. The highest BCUT2D eigenvalue weighted by atomic mass is 35.5. The quantitative estimate of drug-likeness (QED) is 0.690. The molecule has 3 aliphatic heterocycles. The Morgan fingerprint density at radius 3 is 2.53 bits per heavy atom. The topological polar surface area (TPSA) is 51.2 Å². The summed E-state index contributed by atoms with van der Waals surface area (Å²) in [6.07, 6.45) is 1.71. The molecule has 0 aliphatic carbocycles. The first kappa shape index (κ1) is 21.5. The summed E-state index contributed by atoms with van der Waals surface area (Å²) in [6, 6.07) is 11.8. The van der Waals surface area contributed by atoms with Gasteiger partial charge in [0.15, 0.2) is 5.79 Å². The van der Waals surface area contributed by atoms with Crippen LogP contribution in [-0.4, -0.2) is 55.5 Å². The van der Waals surface area contributed by atoms with Crippen molar-refractivity contribution in [2.24, 2.45) is 0 Å². The van der Waals surface area contributed by atoms with E-state index < -0.39 is 5.79 Å². The molecule has 0 aromatic heterocycles. The van der Waals surface area contributed by atoms with Crippen LogP contribution in [-0.2, 0) is 20.8 Å². The molecular formula is C24H26ClFN2O4. The van der Waals surface area contributed by atoms with E-state index in [0.29, 0.717) is 63.7 Å². The molecule has 1 spiro atoms. The summed E-state index contributed by atoms with van der Waals surface area (Å²) < 4.78 is 30.9. The average Bonchev–Trinajstić information content (AvgIpc) is 3.25. The number of nitrogens with zero attached hydrogens (tertiary/aromatic N) is 2. The Morgan fingerprint density at radius 2 is 1.81 bits per heavy atom. The number of amides is 1. The van der Waals surface area contributed by atoms with Crippen molar-refractivity contribution < 1.29 is 23.4 Å². The lowest BCUT2D eigenvalue weighted by molar-refractivity contribution is -0.187. The Kier molecular flexibility index (Phi) is 5.97. The molecule has 0 saturated carbocycles. The van der Waals surface area contributed by atoms with E-state index in [1.165, 1.54) is 12.1 Å². The number of halogens is 2. The Morgan fingerprint density at radius 1 is 1.09 bits per heavy atom. The smallest absolute Gasteiger partial charge is 0.224 e. The lowest BCUT2D eigenvalue weighted by atomic mass is 10.0. The van der Waals surface area contributed by atoms with Crippen LogP contribution in [0.3, 0.4) is 0 Å². The fourth-order valence-corrected chi connectivity index (χ4v) is 4.86.